The van der Waals surface area contributed by atoms with Gasteiger partial charge in [0, 0.05) is 31.2 Å². The molecular formula is C17H33N3. The monoisotopic (exact) mass is 279 g/mol. The van der Waals surface area contributed by atoms with Crippen LogP contribution >= 0.6 is 0 Å². The van der Waals surface area contributed by atoms with Gasteiger partial charge in [-0.25, -0.2) is 0 Å². The van der Waals surface area contributed by atoms with Gasteiger partial charge in [0.2, 0.25) is 0 Å². The molecule has 116 valence electrons. The van der Waals surface area contributed by atoms with Gasteiger partial charge in [-0.3, -0.25) is 9.80 Å². The molecule has 1 saturated carbocycles. The number of nitrogens with one attached hydrogen (secondary N) is 1. The summed E-state index contributed by atoms with van der Waals surface area (Å²) >= 11 is 0. The zero-order valence-corrected chi connectivity index (χ0v) is 13.6. The van der Waals surface area contributed by atoms with Gasteiger partial charge in [0.05, 0.1) is 0 Å². The summed E-state index contributed by atoms with van der Waals surface area (Å²) in [5, 5.41) is 3.68. The molecule has 20 heavy (non-hydrogen) atoms. The molecular weight excluding hydrogens is 246 g/mol. The third-order valence-electron chi connectivity index (χ3n) is 5.75. The lowest BCUT2D eigenvalue weighted by Gasteiger charge is -2.52. The molecule has 0 amide bonds. The van der Waals surface area contributed by atoms with Gasteiger partial charge in [0.25, 0.3) is 0 Å². The molecule has 4 unspecified atom stereocenters. The fourth-order valence-corrected chi connectivity index (χ4v) is 4.46. The molecule has 0 aromatic heterocycles. The Balaban J connectivity index is 1.50. The number of piperazine rings is 1. The molecule has 0 aromatic rings. The van der Waals surface area contributed by atoms with Crippen LogP contribution in [-0.2, 0) is 0 Å². The molecule has 0 radical (unpaired) electrons. The molecule has 1 N–H and O–H groups in total. The molecule has 2 saturated heterocycles. The van der Waals surface area contributed by atoms with E-state index >= 15 is 0 Å². The predicted molar refractivity (Wildman–Crippen MR) is 85.0 cm³/mol. The average molecular weight is 279 g/mol. The van der Waals surface area contributed by atoms with Crippen molar-refractivity contribution in [3.8, 4) is 0 Å². The molecule has 3 heteroatoms. The van der Waals surface area contributed by atoms with E-state index < -0.39 is 0 Å². The van der Waals surface area contributed by atoms with E-state index in [9.17, 15) is 0 Å². The van der Waals surface area contributed by atoms with E-state index in [4.69, 9.17) is 0 Å². The number of hydrogen-bond acceptors (Lipinski definition) is 3. The highest BCUT2D eigenvalue weighted by Crippen LogP contribution is 2.36. The fraction of sp³-hybridized carbons (Fsp3) is 1.00. The minimum absolute atomic E-state index is 0.766. The Morgan fingerprint density at radius 1 is 1.15 bits per heavy atom. The van der Waals surface area contributed by atoms with Gasteiger partial charge in [-0.15, -0.1) is 0 Å². The maximum atomic E-state index is 3.68. The van der Waals surface area contributed by atoms with Crippen molar-refractivity contribution in [3.05, 3.63) is 0 Å². The van der Waals surface area contributed by atoms with Gasteiger partial charge >= 0.3 is 0 Å². The summed E-state index contributed by atoms with van der Waals surface area (Å²) in [6.07, 6.45) is 5.74. The molecule has 3 aliphatic rings. The Morgan fingerprint density at radius 2 is 2.00 bits per heavy atom. The first-order chi connectivity index (χ1) is 9.65. The summed E-state index contributed by atoms with van der Waals surface area (Å²) < 4.78 is 0. The molecule has 0 aromatic carbocycles. The first-order valence-corrected chi connectivity index (χ1v) is 8.85. The van der Waals surface area contributed by atoms with Crippen LogP contribution in [0.15, 0.2) is 0 Å². The van der Waals surface area contributed by atoms with Crippen LogP contribution < -0.4 is 5.32 Å². The van der Waals surface area contributed by atoms with Gasteiger partial charge in [0.1, 0.15) is 0 Å². The van der Waals surface area contributed by atoms with Crippen molar-refractivity contribution >= 4 is 0 Å². The smallest absolute Gasteiger partial charge is 0.0224 e. The van der Waals surface area contributed by atoms with Crippen molar-refractivity contribution in [3.63, 3.8) is 0 Å². The van der Waals surface area contributed by atoms with E-state index in [-0.39, 0.29) is 0 Å². The zero-order valence-electron chi connectivity index (χ0n) is 13.6. The summed E-state index contributed by atoms with van der Waals surface area (Å²) in [5.41, 5.74) is 0. The topological polar surface area (TPSA) is 18.5 Å². The molecule has 0 bridgehead atoms. The first kappa shape index (κ1) is 14.8. The summed E-state index contributed by atoms with van der Waals surface area (Å²) in [5.74, 6) is 1.68. The average Bonchev–Trinajstić information content (AvgIpc) is 2.80. The van der Waals surface area contributed by atoms with E-state index in [0.29, 0.717) is 0 Å². The number of hydrogen-bond donors (Lipinski definition) is 1. The molecule has 4 atom stereocenters. The zero-order chi connectivity index (χ0) is 14.1. The highest BCUT2D eigenvalue weighted by atomic mass is 15.3. The van der Waals surface area contributed by atoms with Crippen LogP contribution in [-0.4, -0.2) is 60.6 Å². The summed E-state index contributed by atoms with van der Waals surface area (Å²) in [7, 11) is 0. The van der Waals surface area contributed by atoms with E-state index in [2.05, 4.69) is 35.9 Å². The summed E-state index contributed by atoms with van der Waals surface area (Å²) in [6.45, 7) is 13.5. The van der Waals surface area contributed by atoms with Crippen LogP contribution in [0.1, 0.15) is 46.5 Å². The van der Waals surface area contributed by atoms with Crippen LogP contribution in [0.3, 0.4) is 0 Å². The Bertz CT molecular complexity index is 317. The molecule has 1 aliphatic carbocycles. The minimum Gasteiger partial charge on any atom is -0.316 e. The maximum absolute atomic E-state index is 3.68. The van der Waals surface area contributed by atoms with Crippen molar-refractivity contribution in [1.82, 2.24) is 15.1 Å². The van der Waals surface area contributed by atoms with Crippen LogP contribution in [0.5, 0.6) is 0 Å². The lowest BCUT2D eigenvalue weighted by molar-refractivity contribution is -0.0271. The van der Waals surface area contributed by atoms with E-state index in [0.717, 1.165) is 30.0 Å². The molecule has 3 fully saturated rings. The SMILES string of the molecule is CC(C)CNCC1CCC1N1CC2CCCN2CC1C. The third-order valence-corrected chi connectivity index (χ3v) is 5.75. The lowest BCUT2D eigenvalue weighted by atomic mass is 9.77. The van der Waals surface area contributed by atoms with Crippen LogP contribution in [0, 0.1) is 11.8 Å². The van der Waals surface area contributed by atoms with Gasteiger partial charge in [-0.1, -0.05) is 13.8 Å². The van der Waals surface area contributed by atoms with Crippen LogP contribution in [0.4, 0.5) is 0 Å². The number of rotatable bonds is 5. The molecule has 3 nitrogen and oxygen atoms in total. The largest absolute Gasteiger partial charge is 0.316 e. The number of fused-ring (bicyclic) bond motifs is 1. The Morgan fingerprint density at radius 3 is 2.70 bits per heavy atom. The van der Waals surface area contributed by atoms with Crippen molar-refractivity contribution in [2.24, 2.45) is 11.8 Å². The van der Waals surface area contributed by atoms with E-state index in [1.807, 2.05) is 0 Å². The number of nitrogens with zero attached hydrogens (tertiary/aromatic N) is 2. The second kappa shape index (κ2) is 6.33. The molecule has 3 rings (SSSR count). The quantitative estimate of drug-likeness (QED) is 0.832. The van der Waals surface area contributed by atoms with E-state index in [1.165, 1.54) is 58.4 Å². The highest BCUT2D eigenvalue weighted by molar-refractivity contribution is 4.98. The van der Waals surface area contributed by atoms with Gasteiger partial charge in [0.15, 0.2) is 0 Å². The minimum atomic E-state index is 0.766. The first-order valence-electron chi connectivity index (χ1n) is 8.85. The van der Waals surface area contributed by atoms with E-state index in [1.54, 1.807) is 0 Å². The Hall–Kier alpha value is -0.120. The highest BCUT2D eigenvalue weighted by Gasteiger charge is 2.42. The van der Waals surface area contributed by atoms with Gasteiger partial charge < -0.3 is 5.32 Å². The Labute approximate surface area is 125 Å². The summed E-state index contributed by atoms with van der Waals surface area (Å²) in [6, 6.07) is 2.51. The fourth-order valence-electron chi connectivity index (χ4n) is 4.46. The summed E-state index contributed by atoms with van der Waals surface area (Å²) in [4.78, 5) is 5.60. The van der Waals surface area contributed by atoms with Crippen molar-refractivity contribution in [1.29, 1.82) is 0 Å². The van der Waals surface area contributed by atoms with Crippen molar-refractivity contribution in [2.45, 2.75) is 64.6 Å². The van der Waals surface area contributed by atoms with Crippen LogP contribution in [0.2, 0.25) is 0 Å². The van der Waals surface area contributed by atoms with Gasteiger partial charge in [-0.2, -0.15) is 0 Å². The second-order valence-electron chi connectivity index (χ2n) is 7.79. The molecule has 2 aliphatic heterocycles. The van der Waals surface area contributed by atoms with Crippen molar-refractivity contribution in [2.75, 3.05) is 32.7 Å². The Kier molecular flexibility index (Phi) is 4.68. The molecule has 2 heterocycles. The predicted octanol–water partition coefficient (Wildman–Crippen LogP) is 2.18. The van der Waals surface area contributed by atoms with Gasteiger partial charge in [-0.05, 0) is 64.1 Å². The standard InChI is InChI=1S/C17H33N3/c1-13(2)9-18-10-15-6-7-17(15)20-12-16-5-4-8-19(16)11-14(20)3/h13-18H,4-12H2,1-3H3. The maximum Gasteiger partial charge on any atom is 0.0224 e. The van der Waals surface area contributed by atoms with Crippen LogP contribution in [0.25, 0.3) is 0 Å². The molecule has 0 spiro atoms. The second-order valence-corrected chi connectivity index (χ2v) is 7.79. The van der Waals surface area contributed by atoms with Crippen molar-refractivity contribution < 1.29 is 0 Å². The lowest BCUT2D eigenvalue weighted by Crippen LogP contribution is -2.62. The normalized spacial score (nSPS) is 39.0. The third kappa shape index (κ3) is 3.05.